The average molecular weight is 597 g/mol. The second-order valence-corrected chi connectivity index (χ2v) is 10.1. The summed E-state index contributed by atoms with van der Waals surface area (Å²) in [4.78, 5) is 29.6. The lowest BCUT2D eigenvalue weighted by Gasteiger charge is -2.13. The highest BCUT2D eigenvalue weighted by Gasteiger charge is 2.24. The number of methoxy groups -OCH3 is 1. The minimum atomic E-state index is -0.436. The number of halogens is 4. The van der Waals surface area contributed by atoms with Gasteiger partial charge in [-0.25, -0.2) is 4.99 Å². The van der Waals surface area contributed by atoms with E-state index in [-0.39, 0.29) is 23.3 Å². The van der Waals surface area contributed by atoms with Crippen LogP contribution in [0.15, 0.2) is 64.5 Å². The molecule has 0 saturated carbocycles. The molecule has 1 heterocycles. The number of nitrogens with zero attached hydrogens (tertiary/aromatic N) is 1. The summed E-state index contributed by atoms with van der Waals surface area (Å²) < 4.78 is 11.0. The Balaban J connectivity index is 1.45. The van der Waals surface area contributed by atoms with Gasteiger partial charge in [0.2, 0.25) is 0 Å². The third-order valence-corrected chi connectivity index (χ3v) is 6.99. The van der Waals surface area contributed by atoms with Crippen LogP contribution < -0.4 is 20.1 Å². The van der Waals surface area contributed by atoms with Gasteiger partial charge in [0.15, 0.2) is 23.3 Å². The maximum atomic E-state index is 12.5. The van der Waals surface area contributed by atoms with E-state index >= 15 is 0 Å². The van der Waals surface area contributed by atoms with E-state index in [0.29, 0.717) is 47.8 Å². The smallest absolute Gasteiger partial charge is 0.264 e. The number of carbonyl (C=O) groups excluding carboxylic acids is 2. The van der Waals surface area contributed by atoms with E-state index in [2.05, 4.69) is 15.6 Å². The lowest BCUT2D eigenvalue weighted by atomic mass is 10.2. The highest BCUT2D eigenvalue weighted by molar-refractivity contribution is 8.18. The number of hydrogen-bond donors (Lipinski definition) is 2. The van der Waals surface area contributed by atoms with Crippen molar-refractivity contribution in [1.29, 1.82) is 0 Å². The zero-order chi connectivity index (χ0) is 26.5. The van der Waals surface area contributed by atoms with Crippen LogP contribution in [0.5, 0.6) is 11.5 Å². The van der Waals surface area contributed by atoms with Crippen molar-refractivity contribution in [2.75, 3.05) is 19.0 Å². The van der Waals surface area contributed by atoms with E-state index in [1.807, 2.05) is 0 Å². The molecule has 2 N–H and O–H groups in total. The molecule has 37 heavy (non-hydrogen) atoms. The van der Waals surface area contributed by atoms with Crippen LogP contribution in [-0.2, 0) is 9.59 Å². The van der Waals surface area contributed by atoms with Gasteiger partial charge in [-0.2, -0.15) is 0 Å². The summed E-state index contributed by atoms with van der Waals surface area (Å²) in [6, 6.07) is 14.9. The Bertz CT molecular complexity index is 1430. The quantitative estimate of drug-likeness (QED) is 0.281. The maximum absolute atomic E-state index is 12.5. The molecule has 1 aliphatic heterocycles. The average Bonchev–Trinajstić information content (AvgIpc) is 3.20. The van der Waals surface area contributed by atoms with Crippen LogP contribution >= 0.6 is 58.2 Å². The minimum Gasteiger partial charge on any atom is -0.493 e. The molecular formula is C25H17Cl4N3O4S. The van der Waals surface area contributed by atoms with E-state index in [1.54, 1.807) is 54.6 Å². The van der Waals surface area contributed by atoms with E-state index in [4.69, 9.17) is 55.9 Å². The number of ether oxygens (including phenoxy) is 2. The van der Waals surface area contributed by atoms with Gasteiger partial charge < -0.3 is 20.1 Å². The molecule has 0 bridgehead atoms. The molecule has 0 aliphatic carbocycles. The van der Waals surface area contributed by atoms with Crippen molar-refractivity contribution in [3.05, 3.63) is 85.2 Å². The Hall–Kier alpha value is -2.88. The molecule has 2 amide bonds. The molecule has 0 unspecified atom stereocenters. The van der Waals surface area contributed by atoms with Crippen LogP contribution in [0.4, 0.5) is 11.4 Å². The Labute approximate surface area is 236 Å². The number of nitrogens with one attached hydrogen (secondary N) is 2. The highest BCUT2D eigenvalue weighted by Crippen LogP contribution is 2.38. The van der Waals surface area contributed by atoms with E-state index < -0.39 is 5.91 Å². The number of thioether (sulfide) groups is 1. The van der Waals surface area contributed by atoms with Crippen LogP contribution in [0, 0.1) is 0 Å². The summed E-state index contributed by atoms with van der Waals surface area (Å²) in [6.07, 6.45) is 1.65. The largest absolute Gasteiger partial charge is 0.493 e. The fourth-order valence-electron chi connectivity index (χ4n) is 3.14. The molecule has 0 spiro atoms. The number of aliphatic imine (C=N–C) groups is 1. The van der Waals surface area contributed by atoms with Crippen molar-refractivity contribution in [3.63, 3.8) is 0 Å². The van der Waals surface area contributed by atoms with Crippen molar-refractivity contribution in [2.45, 2.75) is 0 Å². The molecule has 7 nitrogen and oxygen atoms in total. The predicted octanol–water partition coefficient (Wildman–Crippen LogP) is 7.22. The van der Waals surface area contributed by atoms with Crippen molar-refractivity contribution in [2.24, 2.45) is 4.99 Å². The normalized spacial score (nSPS) is 15.1. The lowest BCUT2D eigenvalue weighted by molar-refractivity contribution is -0.118. The fourth-order valence-corrected chi connectivity index (χ4v) is 4.68. The second-order valence-electron chi connectivity index (χ2n) is 7.46. The molecule has 1 fully saturated rings. The van der Waals surface area contributed by atoms with Crippen molar-refractivity contribution in [3.8, 4) is 11.5 Å². The van der Waals surface area contributed by atoms with Gasteiger partial charge in [0, 0.05) is 10.7 Å². The predicted molar refractivity (Wildman–Crippen MR) is 151 cm³/mol. The molecule has 12 heteroatoms. The first-order chi connectivity index (χ1) is 17.7. The van der Waals surface area contributed by atoms with Gasteiger partial charge in [0.1, 0.15) is 0 Å². The van der Waals surface area contributed by atoms with Gasteiger partial charge in [0.05, 0.1) is 32.8 Å². The van der Waals surface area contributed by atoms with E-state index in [1.165, 1.54) is 24.9 Å². The van der Waals surface area contributed by atoms with Gasteiger partial charge in [-0.3, -0.25) is 9.59 Å². The number of amides is 2. The van der Waals surface area contributed by atoms with Gasteiger partial charge in [-0.05, 0) is 78.0 Å². The van der Waals surface area contributed by atoms with Crippen LogP contribution in [0.25, 0.3) is 6.08 Å². The summed E-state index contributed by atoms with van der Waals surface area (Å²) in [5.74, 6) is -0.259. The zero-order valence-corrected chi connectivity index (χ0v) is 22.8. The van der Waals surface area contributed by atoms with E-state index in [9.17, 15) is 9.59 Å². The van der Waals surface area contributed by atoms with Crippen molar-refractivity contribution >= 4 is 92.6 Å². The summed E-state index contributed by atoms with van der Waals surface area (Å²) >= 11 is 25.4. The summed E-state index contributed by atoms with van der Waals surface area (Å²) in [7, 11) is 1.44. The molecule has 1 saturated heterocycles. The molecule has 0 radical (unpaired) electrons. The molecule has 4 rings (SSSR count). The van der Waals surface area contributed by atoms with Crippen LogP contribution in [0.3, 0.4) is 0 Å². The third kappa shape index (κ3) is 7.12. The van der Waals surface area contributed by atoms with E-state index in [0.717, 1.165) is 0 Å². The SMILES string of the molecule is COc1cc(/C=C2/SC(=Nc3ccc(Cl)cc3)NC2=O)cc(Cl)c1OCC(=O)Nc1ccc(Cl)c(Cl)c1. The maximum Gasteiger partial charge on any atom is 0.264 e. The zero-order valence-electron chi connectivity index (χ0n) is 19.0. The fraction of sp³-hybridized carbons (Fsp3) is 0.0800. The first-order valence-electron chi connectivity index (χ1n) is 10.5. The lowest BCUT2D eigenvalue weighted by Crippen LogP contribution is -2.20. The summed E-state index contributed by atoms with van der Waals surface area (Å²) in [6.45, 7) is -0.334. The van der Waals surface area contributed by atoms with Crippen LogP contribution in [0.1, 0.15) is 5.56 Å². The molecule has 1 aliphatic rings. The number of carbonyl (C=O) groups is 2. The molecule has 190 valence electrons. The monoisotopic (exact) mass is 595 g/mol. The molecule has 3 aromatic rings. The Morgan fingerprint density at radius 3 is 2.49 bits per heavy atom. The Kier molecular flexibility index (Phi) is 8.89. The summed E-state index contributed by atoms with van der Waals surface area (Å²) in [5, 5.41) is 7.30. The van der Waals surface area contributed by atoms with Crippen LogP contribution in [-0.4, -0.2) is 30.7 Å². The van der Waals surface area contributed by atoms with Crippen LogP contribution in [0.2, 0.25) is 20.1 Å². The number of rotatable bonds is 7. The third-order valence-electron chi connectivity index (χ3n) is 4.81. The van der Waals surface area contributed by atoms with Gasteiger partial charge in [0.25, 0.3) is 11.8 Å². The first kappa shape index (κ1) is 27.2. The molecular weight excluding hydrogens is 580 g/mol. The molecule has 0 atom stereocenters. The number of benzene rings is 3. The van der Waals surface area contributed by atoms with Gasteiger partial charge in [-0.1, -0.05) is 46.4 Å². The standard InChI is InChI=1S/C25H17Cl4N3O4S/c1-35-20-9-13(10-21-24(34)32-25(37-21)31-15-4-2-14(26)3-5-15)8-19(29)23(20)36-12-22(33)30-16-6-7-17(27)18(28)11-16/h2-11H,12H2,1H3,(H,30,33)(H,31,32,34)/b21-10+. The topological polar surface area (TPSA) is 89.0 Å². The van der Waals surface area contributed by atoms with Crippen molar-refractivity contribution < 1.29 is 19.1 Å². The first-order valence-corrected chi connectivity index (χ1v) is 12.8. The number of anilines is 1. The number of hydrogen-bond acceptors (Lipinski definition) is 6. The van der Waals surface area contributed by atoms with Crippen molar-refractivity contribution in [1.82, 2.24) is 5.32 Å². The molecule has 3 aromatic carbocycles. The minimum absolute atomic E-state index is 0.184. The highest BCUT2D eigenvalue weighted by atomic mass is 35.5. The Morgan fingerprint density at radius 2 is 1.78 bits per heavy atom. The van der Waals surface area contributed by atoms with Gasteiger partial charge in [-0.15, -0.1) is 0 Å². The second kappa shape index (κ2) is 12.1. The molecule has 0 aromatic heterocycles. The summed E-state index contributed by atoms with van der Waals surface area (Å²) in [5.41, 5.74) is 1.72. The Morgan fingerprint density at radius 1 is 1.03 bits per heavy atom. The number of amidine groups is 1. The van der Waals surface area contributed by atoms with Gasteiger partial charge >= 0.3 is 0 Å².